The highest BCUT2D eigenvalue weighted by Crippen LogP contribution is 2.16. The van der Waals surface area contributed by atoms with Gasteiger partial charge < -0.3 is 14.2 Å². The minimum absolute atomic E-state index is 0.0806. The van der Waals surface area contributed by atoms with E-state index in [9.17, 15) is 14.4 Å². The molecule has 0 radical (unpaired) electrons. The van der Waals surface area contributed by atoms with Gasteiger partial charge in [-0.05, 0) is 122 Å². The van der Waals surface area contributed by atoms with Crippen molar-refractivity contribution >= 4 is 17.9 Å². The number of carbonyl (C=O) groups is 3. The van der Waals surface area contributed by atoms with Gasteiger partial charge in [0.25, 0.3) is 0 Å². The Balaban J connectivity index is 4.24. The summed E-state index contributed by atoms with van der Waals surface area (Å²) in [5.74, 6) is -0.883. The van der Waals surface area contributed by atoms with Crippen molar-refractivity contribution in [2.24, 2.45) is 0 Å². The summed E-state index contributed by atoms with van der Waals surface area (Å²) in [7, 11) is 0. The molecule has 0 aromatic rings. The zero-order chi connectivity index (χ0) is 57.1. The molecule has 79 heavy (non-hydrogen) atoms. The monoisotopic (exact) mass is 1100 g/mol. The lowest BCUT2D eigenvalue weighted by Crippen LogP contribution is -2.30. The molecule has 1 unspecified atom stereocenters. The van der Waals surface area contributed by atoms with E-state index in [1.165, 1.54) is 186 Å². The minimum Gasteiger partial charge on any atom is -0.462 e. The van der Waals surface area contributed by atoms with Crippen LogP contribution in [0.5, 0.6) is 0 Å². The van der Waals surface area contributed by atoms with Gasteiger partial charge in [0.1, 0.15) is 13.2 Å². The van der Waals surface area contributed by atoms with E-state index in [0.29, 0.717) is 19.3 Å². The van der Waals surface area contributed by atoms with Crippen LogP contribution in [0.1, 0.15) is 329 Å². The van der Waals surface area contributed by atoms with Crippen LogP contribution in [0.15, 0.2) is 97.2 Å². The lowest BCUT2D eigenvalue weighted by Gasteiger charge is -2.18. The molecule has 1 atom stereocenters. The maximum absolute atomic E-state index is 12.9. The quantitative estimate of drug-likeness (QED) is 0.0261. The van der Waals surface area contributed by atoms with Crippen molar-refractivity contribution in [2.75, 3.05) is 13.2 Å². The smallest absolute Gasteiger partial charge is 0.306 e. The number of unbranched alkanes of at least 4 members (excludes halogenated alkanes) is 34. The molecule has 0 fully saturated rings. The fraction of sp³-hybridized carbons (Fsp3) is 0.740. The summed E-state index contributed by atoms with van der Waals surface area (Å²) in [6.45, 7) is 6.52. The first-order valence-electron chi connectivity index (χ1n) is 33.7. The zero-order valence-electron chi connectivity index (χ0n) is 52.1. The molecule has 0 spiro atoms. The maximum Gasteiger partial charge on any atom is 0.306 e. The molecule has 6 heteroatoms. The van der Waals surface area contributed by atoms with Crippen LogP contribution in [0, 0.1) is 0 Å². The van der Waals surface area contributed by atoms with Crippen LogP contribution in [-0.4, -0.2) is 37.2 Å². The summed E-state index contributed by atoms with van der Waals surface area (Å²) >= 11 is 0. The second kappa shape index (κ2) is 66.8. The van der Waals surface area contributed by atoms with Gasteiger partial charge in [0.15, 0.2) is 6.10 Å². The van der Waals surface area contributed by atoms with Gasteiger partial charge >= 0.3 is 17.9 Å². The first-order chi connectivity index (χ1) is 39.0. The van der Waals surface area contributed by atoms with Crippen molar-refractivity contribution in [1.82, 2.24) is 0 Å². The summed E-state index contributed by atoms with van der Waals surface area (Å²) in [6.07, 6.45) is 89.9. The van der Waals surface area contributed by atoms with Gasteiger partial charge in [0.2, 0.25) is 0 Å². The molecule has 0 saturated heterocycles. The van der Waals surface area contributed by atoms with Crippen LogP contribution in [0.3, 0.4) is 0 Å². The van der Waals surface area contributed by atoms with E-state index in [2.05, 4.69) is 118 Å². The Kier molecular flexibility index (Phi) is 63.7. The molecule has 0 rings (SSSR count). The zero-order valence-corrected chi connectivity index (χ0v) is 52.1. The molecule has 0 aromatic heterocycles. The van der Waals surface area contributed by atoms with Crippen LogP contribution >= 0.6 is 0 Å². The van der Waals surface area contributed by atoms with Crippen LogP contribution in [0.25, 0.3) is 0 Å². The van der Waals surface area contributed by atoms with E-state index in [4.69, 9.17) is 14.2 Å². The Morgan fingerprint density at radius 1 is 0.266 bits per heavy atom. The van der Waals surface area contributed by atoms with E-state index < -0.39 is 6.10 Å². The lowest BCUT2D eigenvalue weighted by molar-refractivity contribution is -0.167. The molecule has 0 aliphatic carbocycles. The second-order valence-electron chi connectivity index (χ2n) is 22.3. The maximum atomic E-state index is 12.9. The van der Waals surface area contributed by atoms with Crippen molar-refractivity contribution in [3.63, 3.8) is 0 Å². The highest BCUT2D eigenvalue weighted by molar-refractivity contribution is 5.71. The minimum atomic E-state index is -0.784. The topological polar surface area (TPSA) is 78.9 Å². The Bertz CT molecular complexity index is 1540. The van der Waals surface area contributed by atoms with Crippen LogP contribution < -0.4 is 0 Å². The Labute approximate surface area is 489 Å². The van der Waals surface area contributed by atoms with Gasteiger partial charge in [-0.15, -0.1) is 0 Å². The van der Waals surface area contributed by atoms with Gasteiger partial charge in [-0.25, -0.2) is 0 Å². The predicted molar refractivity (Wildman–Crippen MR) is 344 cm³/mol. The van der Waals surface area contributed by atoms with Crippen molar-refractivity contribution in [1.29, 1.82) is 0 Å². The number of allylic oxidation sites excluding steroid dienone is 16. The van der Waals surface area contributed by atoms with Gasteiger partial charge in [0.05, 0.1) is 0 Å². The number of carbonyl (C=O) groups excluding carboxylic acids is 3. The molecule has 454 valence electrons. The molecule has 0 amide bonds. The summed E-state index contributed by atoms with van der Waals surface area (Å²) in [6, 6.07) is 0. The van der Waals surface area contributed by atoms with E-state index >= 15 is 0 Å². The number of ether oxygens (including phenoxy) is 3. The largest absolute Gasteiger partial charge is 0.462 e. The lowest BCUT2D eigenvalue weighted by atomic mass is 10.0. The first-order valence-corrected chi connectivity index (χ1v) is 33.7. The Hall–Kier alpha value is -3.67. The molecule has 0 saturated carbocycles. The number of hydrogen-bond donors (Lipinski definition) is 0. The summed E-state index contributed by atoms with van der Waals surface area (Å²) < 4.78 is 16.9. The average Bonchev–Trinajstić information content (AvgIpc) is 3.45. The third kappa shape index (κ3) is 65.0. The van der Waals surface area contributed by atoms with Gasteiger partial charge in [-0.1, -0.05) is 285 Å². The molecule has 0 bridgehead atoms. The molecule has 6 nitrogen and oxygen atoms in total. The van der Waals surface area contributed by atoms with Crippen LogP contribution in [-0.2, 0) is 28.6 Å². The van der Waals surface area contributed by atoms with Crippen molar-refractivity contribution in [3.05, 3.63) is 97.2 Å². The molecule has 0 aliphatic rings. The highest BCUT2D eigenvalue weighted by atomic mass is 16.6. The molecule has 0 aliphatic heterocycles. The Morgan fingerprint density at radius 3 is 0.797 bits per heavy atom. The van der Waals surface area contributed by atoms with Crippen LogP contribution in [0.2, 0.25) is 0 Å². The van der Waals surface area contributed by atoms with Crippen LogP contribution in [0.4, 0.5) is 0 Å². The number of esters is 3. The first kappa shape index (κ1) is 75.3. The standard InChI is InChI=1S/C73H126O6/c1-4-7-10-13-16-19-22-25-27-29-30-31-32-33-34-35-36-37-38-39-40-41-42-44-45-48-51-54-57-60-63-66-72(75)78-69-70(68-77-71(74)65-62-59-56-53-50-47-24-21-18-15-12-9-6-3)79-73(76)67-64-61-58-55-52-49-46-43-28-26-23-20-17-14-11-8-5-2/h7,10,16,19,21,24-28,30-31,33-34,36-37,70H,4-6,8-9,11-15,17-18,20,22-23,29,32,35,38-69H2,1-3H3/b10-7-,19-16-,24-21-,27-25-,28-26-,31-30-,34-33-,37-36-. The van der Waals surface area contributed by atoms with E-state index in [0.717, 1.165) is 103 Å². The van der Waals surface area contributed by atoms with E-state index in [-0.39, 0.29) is 31.1 Å². The van der Waals surface area contributed by atoms with Gasteiger partial charge in [-0.3, -0.25) is 14.4 Å². The van der Waals surface area contributed by atoms with Crippen molar-refractivity contribution in [2.45, 2.75) is 335 Å². The average molecular weight is 1100 g/mol. The molecule has 0 aromatic carbocycles. The summed E-state index contributed by atoms with van der Waals surface area (Å²) in [4.78, 5) is 38.3. The van der Waals surface area contributed by atoms with Gasteiger partial charge in [-0.2, -0.15) is 0 Å². The summed E-state index contributed by atoms with van der Waals surface area (Å²) in [5, 5.41) is 0. The number of rotatable bonds is 61. The van der Waals surface area contributed by atoms with Gasteiger partial charge in [0, 0.05) is 19.3 Å². The molecular formula is C73H126O6. The Morgan fingerprint density at radius 2 is 0.494 bits per heavy atom. The highest BCUT2D eigenvalue weighted by Gasteiger charge is 2.19. The fourth-order valence-corrected chi connectivity index (χ4v) is 9.50. The number of hydrogen-bond acceptors (Lipinski definition) is 6. The van der Waals surface area contributed by atoms with E-state index in [1.807, 2.05) is 0 Å². The third-order valence-electron chi connectivity index (χ3n) is 14.5. The molecule has 0 N–H and O–H groups in total. The van der Waals surface area contributed by atoms with Crippen molar-refractivity contribution < 1.29 is 28.6 Å². The molecular weight excluding hydrogens is 973 g/mol. The van der Waals surface area contributed by atoms with E-state index in [1.54, 1.807) is 0 Å². The third-order valence-corrected chi connectivity index (χ3v) is 14.5. The van der Waals surface area contributed by atoms with Crippen molar-refractivity contribution in [3.8, 4) is 0 Å². The molecule has 0 heterocycles. The summed E-state index contributed by atoms with van der Waals surface area (Å²) in [5.41, 5.74) is 0. The SMILES string of the molecule is CC/C=C\C/C=C\C/C=C\C/C=C\C/C=C\C/C=C\CCCCCCCCCCCCCCC(=O)OCC(COC(=O)CCCCCCC/C=C\CCCCCC)OC(=O)CCCCCCCCC/C=C\CCCCCCCC. The normalized spacial score (nSPS) is 12.7. The second-order valence-corrected chi connectivity index (χ2v) is 22.3. The fourth-order valence-electron chi connectivity index (χ4n) is 9.50. The predicted octanol–water partition coefficient (Wildman–Crippen LogP) is 23.2.